The normalized spacial score (nSPS) is 36.8. The summed E-state index contributed by atoms with van der Waals surface area (Å²) in [6.45, 7) is -0.981. The lowest BCUT2D eigenvalue weighted by molar-refractivity contribution is -0.181. The summed E-state index contributed by atoms with van der Waals surface area (Å²) in [5, 5.41) is 28.3. The third kappa shape index (κ3) is 1.78. The van der Waals surface area contributed by atoms with Crippen LogP contribution in [0.2, 0.25) is 0 Å². The van der Waals surface area contributed by atoms with E-state index in [9.17, 15) is 24.2 Å². The summed E-state index contributed by atoms with van der Waals surface area (Å²) in [4.78, 5) is 24.5. The molecule has 1 saturated heterocycles. The third-order valence-corrected chi connectivity index (χ3v) is 3.08. The van der Waals surface area contributed by atoms with Gasteiger partial charge in [-0.1, -0.05) is 0 Å². The van der Waals surface area contributed by atoms with E-state index in [1.165, 1.54) is 0 Å². The van der Waals surface area contributed by atoms with E-state index in [-0.39, 0.29) is 0 Å². The Morgan fingerprint density at radius 1 is 1.60 bits per heavy atom. The number of halogens is 1. The lowest BCUT2D eigenvalue weighted by atomic mass is 10.0. The zero-order valence-corrected chi connectivity index (χ0v) is 9.99. The molecular formula is C11H11FN2O6. The highest BCUT2D eigenvalue weighted by Crippen LogP contribution is 2.41. The molecule has 1 aromatic heterocycles. The minimum absolute atomic E-state index is 0.555. The van der Waals surface area contributed by atoms with Crippen LogP contribution in [0, 0.1) is 12.3 Å². The quantitative estimate of drug-likeness (QED) is 0.436. The highest BCUT2D eigenvalue weighted by molar-refractivity contribution is 5.18. The van der Waals surface area contributed by atoms with Gasteiger partial charge in [0.1, 0.15) is 6.10 Å². The highest BCUT2D eigenvalue weighted by atomic mass is 19.2. The van der Waals surface area contributed by atoms with Gasteiger partial charge < -0.3 is 20.1 Å². The summed E-state index contributed by atoms with van der Waals surface area (Å²) in [7, 11) is 0. The predicted octanol–water partition coefficient (Wildman–Crippen LogP) is -2.77. The minimum Gasteiger partial charge on any atom is -0.393 e. The molecule has 0 bridgehead atoms. The number of H-pyrrole nitrogens is 1. The maximum Gasteiger partial charge on any atom is 0.331 e. The van der Waals surface area contributed by atoms with Crippen molar-refractivity contribution in [2.24, 2.45) is 0 Å². The number of nitrogens with one attached hydrogen (secondary N) is 1. The number of alkyl halides is 1. The number of terminal acetylenes is 1. The number of rotatable bonds is 2. The first-order chi connectivity index (χ1) is 9.29. The maximum absolute atomic E-state index is 14.0. The first kappa shape index (κ1) is 14.4. The molecule has 4 atom stereocenters. The summed E-state index contributed by atoms with van der Waals surface area (Å²) in [5.41, 5.74) is -4.19. The second kappa shape index (κ2) is 4.53. The smallest absolute Gasteiger partial charge is 0.331 e. The number of ether oxygens (including phenoxy) is 1. The molecule has 20 heavy (non-hydrogen) atoms. The van der Waals surface area contributed by atoms with Crippen LogP contribution in [0.4, 0.5) is 4.39 Å². The molecule has 2 rings (SSSR count). The van der Waals surface area contributed by atoms with Crippen LogP contribution in [0.25, 0.3) is 0 Å². The van der Waals surface area contributed by atoms with Crippen LogP contribution in [0.3, 0.4) is 0 Å². The van der Waals surface area contributed by atoms with Crippen molar-refractivity contribution in [2.75, 3.05) is 6.61 Å². The van der Waals surface area contributed by atoms with Crippen LogP contribution in [-0.4, -0.2) is 49.5 Å². The second-order valence-corrected chi connectivity index (χ2v) is 4.24. The highest BCUT2D eigenvalue weighted by Gasteiger charge is 2.65. The lowest BCUT2D eigenvalue weighted by Gasteiger charge is -2.28. The number of aliphatic hydroxyl groups is 3. The number of hydrogen-bond donors (Lipinski definition) is 4. The van der Waals surface area contributed by atoms with Crippen LogP contribution < -0.4 is 11.2 Å². The van der Waals surface area contributed by atoms with E-state index in [1.54, 1.807) is 0 Å². The molecule has 1 fully saturated rings. The number of aliphatic hydroxyl groups excluding tert-OH is 2. The molecule has 2 heterocycles. The van der Waals surface area contributed by atoms with Crippen molar-refractivity contribution in [3.8, 4) is 12.3 Å². The van der Waals surface area contributed by atoms with Gasteiger partial charge in [0.2, 0.25) is 5.72 Å². The van der Waals surface area contributed by atoms with Gasteiger partial charge in [-0.2, -0.15) is 0 Å². The molecule has 0 spiro atoms. The Balaban J connectivity index is 2.65. The fourth-order valence-corrected chi connectivity index (χ4v) is 2.03. The Labute approximate surface area is 111 Å². The van der Waals surface area contributed by atoms with Crippen molar-refractivity contribution < 1.29 is 24.4 Å². The van der Waals surface area contributed by atoms with E-state index in [1.807, 2.05) is 10.9 Å². The average Bonchev–Trinajstić information content (AvgIpc) is 2.59. The molecule has 108 valence electrons. The Bertz CT molecular complexity index is 674. The van der Waals surface area contributed by atoms with Crippen molar-refractivity contribution in [3.05, 3.63) is 33.1 Å². The number of aromatic amines is 1. The number of nitrogens with zero attached hydrogens (tertiary/aromatic N) is 1. The largest absolute Gasteiger partial charge is 0.393 e. The number of aromatic nitrogens is 2. The SMILES string of the molecule is C#C[C@@]1(n2ccc(=O)[nH]c2=O)O[C@H](CO)[C@](O)(F)[C@H]1O. The van der Waals surface area contributed by atoms with Gasteiger partial charge >= 0.3 is 5.69 Å². The zero-order chi connectivity index (χ0) is 15.1. The molecule has 0 radical (unpaired) electrons. The summed E-state index contributed by atoms with van der Waals surface area (Å²) in [5.74, 6) is -1.48. The first-order valence-corrected chi connectivity index (χ1v) is 5.48. The van der Waals surface area contributed by atoms with Crippen LogP contribution in [-0.2, 0) is 10.5 Å². The first-order valence-electron chi connectivity index (χ1n) is 5.48. The molecule has 0 aromatic carbocycles. The van der Waals surface area contributed by atoms with E-state index in [2.05, 4.69) is 0 Å². The van der Waals surface area contributed by atoms with E-state index in [0.29, 0.717) is 4.57 Å². The molecule has 8 nitrogen and oxygen atoms in total. The molecule has 1 aromatic rings. The fourth-order valence-electron chi connectivity index (χ4n) is 2.03. The van der Waals surface area contributed by atoms with Crippen LogP contribution >= 0.6 is 0 Å². The molecule has 0 aliphatic carbocycles. The van der Waals surface area contributed by atoms with Crippen molar-refractivity contribution in [3.63, 3.8) is 0 Å². The monoisotopic (exact) mass is 286 g/mol. The average molecular weight is 286 g/mol. The Morgan fingerprint density at radius 2 is 2.25 bits per heavy atom. The van der Waals surface area contributed by atoms with Gasteiger partial charge in [0.25, 0.3) is 11.4 Å². The van der Waals surface area contributed by atoms with Gasteiger partial charge in [0, 0.05) is 12.3 Å². The van der Waals surface area contributed by atoms with Gasteiger partial charge in [0.15, 0.2) is 6.10 Å². The molecule has 0 unspecified atom stereocenters. The Morgan fingerprint density at radius 3 is 2.70 bits per heavy atom. The fraction of sp³-hybridized carbons (Fsp3) is 0.455. The Hall–Kier alpha value is -1.99. The summed E-state index contributed by atoms with van der Waals surface area (Å²) < 4.78 is 19.5. The summed E-state index contributed by atoms with van der Waals surface area (Å²) in [6.07, 6.45) is 1.88. The molecule has 0 amide bonds. The van der Waals surface area contributed by atoms with Crippen molar-refractivity contribution >= 4 is 0 Å². The molecule has 1 aliphatic heterocycles. The van der Waals surface area contributed by atoms with E-state index in [4.69, 9.17) is 16.3 Å². The minimum atomic E-state index is -3.36. The van der Waals surface area contributed by atoms with Crippen LogP contribution in [0.5, 0.6) is 0 Å². The predicted molar refractivity (Wildman–Crippen MR) is 62.2 cm³/mol. The van der Waals surface area contributed by atoms with Gasteiger partial charge in [-0.3, -0.25) is 14.3 Å². The van der Waals surface area contributed by atoms with Crippen molar-refractivity contribution in [1.82, 2.24) is 9.55 Å². The van der Waals surface area contributed by atoms with Crippen LogP contribution in [0.15, 0.2) is 21.9 Å². The zero-order valence-electron chi connectivity index (χ0n) is 9.99. The van der Waals surface area contributed by atoms with E-state index in [0.717, 1.165) is 12.3 Å². The van der Waals surface area contributed by atoms with Gasteiger partial charge in [0.05, 0.1) is 6.61 Å². The standard InChI is InChI=1S/C11H11FN2O6/c1-2-10(14-4-3-7(16)13-9(14)18)8(17)11(12,19)6(5-15)20-10/h1,3-4,6,8,15,17,19H,5H2,(H,13,16,18)/t6-,8+,10-,11-/m1/s1. The topological polar surface area (TPSA) is 125 Å². The van der Waals surface area contributed by atoms with Gasteiger partial charge in [-0.25, -0.2) is 9.18 Å². The van der Waals surface area contributed by atoms with Crippen molar-refractivity contribution in [2.45, 2.75) is 23.8 Å². The Kier molecular flexibility index (Phi) is 3.27. The van der Waals surface area contributed by atoms with Gasteiger partial charge in [-0.05, 0) is 5.92 Å². The molecule has 0 saturated carbocycles. The van der Waals surface area contributed by atoms with E-state index < -0.39 is 41.6 Å². The maximum atomic E-state index is 14.0. The second-order valence-electron chi connectivity index (χ2n) is 4.24. The van der Waals surface area contributed by atoms with Crippen LogP contribution in [0.1, 0.15) is 0 Å². The summed E-state index contributed by atoms with van der Waals surface area (Å²) in [6, 6.07) is 0.903. The molecule has 9 heteroatoms. The number of hydrogen-bond acceptors (Lipinski definition) is 6. The third-order valence-electron chi connectivity index (χ3n) is 3.08. The van der Waals surface area contributed by atoms with E-state index >= 15 is 0 Å². The van der Waals surface area contributed by atoms with Gasteiger partial charge in [-0.15, -0.1) is 6.42 Å². The lowest BCUT2D eigenvalue weighted by Crippen LogP contribution is -2.53. The summed E-state index contributed by atoms with van der Waals surface area (Å²) >= 11 is 0. The van der Waals surface area contributed by atoms with Crippen molar-refractivity contribution in [1.29, 1.82) is 0 Å². The molecule has 1 aliphatic rings. The molecular weight excluding hydrogens is 275 g/mol. The molecule has 4 N–H and O–H groups in total.